The maximum Gasteiger partial charge on any atom is 0.0705 e. The zero-order chi connectivity index (χ0) is 13.8. The molecule has 0 amide bonds. The number of fused-ring (bicyclic) bond motifs is 1. The molecule has 1 aromatic heterocycles. The van der Waals surface area contributed by atoms with Crippen LogP contribution in [0.4, 0.5) is 0 Å². The third kappa shape index (κ3) is 2.98. The second-order valence-corrected chi connectivity index (χ2v) is 5.45. The molecule has 0 aliphatic carbocycles. The SMILES string of the molecule is NNC(Cc1ccc2ccccc2n1)C1CCCOC1. The smallest absolute Gasteiger partial charge is 0.0705 e. The molecule has 2 heterocycles. The van der Waals surface area contributed by atoms with Crippen LogP contribution in [-0.2, 0) is 11.2 Å². The van der Waals surface area contributed by atoms with Gasteiger partial charge in [0.2, 0.25) is 0 Å². The number of rotatable bonds is 4. The Labute approximate surface area is 119 Å². The first kappa shape index (κ1) is 13.5. The van der Waals surface area contributed by atoms with Crippen molar-refractivity contribution in [2.75, 3.05) is 13.2 Å². The molecule has 106 valence electrons. The Kier molecular flexibility index (Phi) is 4.25. The Morgan fingerprint density at radius 2 is 2.20 bits per heavy atom. The lowest BCUT2D eigenvalue weighted by molar-refractivity contribution is 0.0392. The van der Waals surface area contributed by atoms with Gasteiger partial charge in [0.15, 0.2) is 0 Å². The van der Waals surface area contributed by atoms with E-state index >= 15 is 0 Å². The third-order valence-corrected chi connectivity index (χ3v) is 4.06. The highest BCUT2D eigenvalue weighted by Crippen LogP contribution is 2.20. The highest BCUT2D eigenvalue weighted by Gasteiger charge is 2.23. The van der Waals surface area contributed by atoms with Gasteiger partial charge in [0.05, 0.1) is 12.1 Å². The van der Waals surface area contributed by atoms with Gasteiger partial charge in [0.25, 0.3) is 0 Å². The Balaban J connectivity index is 1.76. The van der Waals surface area contributed by atoms with Gasteiger partial charge in [-0.2, -0.15) is 0 Å². The zero-order valence-corrected chi connectivity index (χ0v) is 11.6. The van der Waals surface area contributed by atoms with Crippen LogP contribution in [0.1, 0.15) is 18.5 Å². The molecule has 4 heteroatoms. The second kappa shape index (κ2) is 6.31. The lowest BCUT2D eigenvalue weighted by Gasteiger charge is -2.29. The first-order chi connectivity index (χ1) is 9.86. The third-order valence-electron chi connectivity index (χ3n) is 4.06. The van der Waals surface area contributed by atoms with E-state index in [1.54, 1.807) is 0 Å². The van der Waals surface area contributed by atoms with Crippen molar-refractivity contribution in [3.05, 3.63) is 42.1 Å². The number of pyridine rings is 1. The minimum atomic E-state index is 0.226. The number of nitrogens with two attached hydrogens (primary N) is 1. The summed E-state index contributed by atoms with van der Waals surface area (Å²) in [7, 11) is 0. The van der Waals surface area contributed by atoms with Crippen molar-refractivity contribution in [2.45, 2.75) is 25.3 Å². The van der Waals surface area contributed by atoms with Crippen LogP contribution in [0.3, 0.4) is 0 Å². The number of aromatic nitrogens is 1. The molecule has 1 aromatic carbocycles. The predicted molar refractivity (Wildman–Crippen MR) is 80.1 cm³/mol. The number of benzene rings is 1. The first-order valence-electron chi connectivity index (χ1n) is 7.25. The van der Waals surface area contributed by atoms with Gasteiger partial charge in [-0.25, -0.2) is 0 Å². The molecule has 3 N–H and O–H groups in total. The molecule has 3 rings (SSSR count). The summed E-state index contributed by atoms with van der Waals surface area (Å²) < 4.78 is 5.56. The number of hydrogen-bond donors (Lipinski definition) is 2. The fourth-order valence-corrected chi connectivity index (χ4v) is 2.89. The zero-order valence-electron chi connectivity index (χ0n) is 11.6. The van der Waals surface area contributed by atoms with Crippen molar-refractivity contribution in [1.29, 1.82) is 0 Å². The minimum absolute atomic E-state index is 0.226. The summed E-state index contributed by atoms with van der Waals surface area (Å²) in [5.74, 6) is 6.20. The van der Waals surface area contributed by atoms with Crippen LogP contribution in [0.2, 0.25) is 0 Å². The molecule has 1 aliphatic heterocycles. The summed E-state index contributed by atoms with van der Waals surface area (Å²) in [6, 6.07) is 12.6. The molecule has 0 bridgehead atoms. The van der Waals surface area contributed by atoms with E-state index in [-0.39, 0.29) is 6.04 Å². The number of ether oxygens (including phenoxy) is 1. The van der Waals surface area contributed by atoms with Crippen LogP contribution in [0.25, 0.3) is 10.9 Å². The van der Waals surface area contributed by atoms with Gasteiger partial charge in [0.1, 0.15) is 0 Å². The predicted octanol–water partition coefficient (Wildman–Crippen LogP) is 2.04. The van der Waals surface area contributed by atoms with Crippen molar-refractivity contribution in [3.63, 3.8) is 0 Å². The Bertz CT molecular complexity index is 566. The highest BCUT2D eigenvalue weighted by molar-refractivity contribution is 5.78. The van der Waals surface area contributed by atoms with Crippen molar-refractivity contribution in [2.24, 2.45) is 11.8 Å². The Morgan fingerprint density at radius 1 is 1.30 bits per heavy atom. The summed E-state index contributed by atoms with van der Waals surface area (Å²) in [5.41, 5.74) is 5.07. The molecule has 1 saturated heterocycles. The number of para-hydroxylation sites is 1. The average Bonchev–Trinajstić information content (AvgIpc) is 2.53. The van der Waals surface area contributed by atoms with Crippen LogP contribution in [0.5, 0.6) is 0 Å². The van der Waals surface area contributed by atoms with Gasteiger partial charge in [-0.3, -0.25) is 16.3 Å². The molecule has 1 aliphatic rings. The summed E-state index contributed by atoms with van der Waals surface area (Å²) in [6.07, 6.45) is 3.13. The van der Waals surface area contributed by atoms with Crippen molar-refractivity contribution in [3.8, 4) is 0 Å². The number of hydrazine groups is 1. The van der Waals surface area contributed by atoms with E-state index in [9.17, 15) is 0 Å². The molecule has 20 heavy (non-hydrogen) atoms. The molecule has 2 atom stereocenters. The normalized spacial score (nSPS) is 20.9. The lowest BCUT2D eigenvalue weighted by Crippen LogP contribution is -2.45. The van der Waals surface area contributed by atoms with Crippen molar-refractivity contribution in [1.82, 2.24) is 10.4 Å². The molecule has 0 saturated carbocycles. The Hall–Kier alpha value is -1.49. The summed E-state index contributed by atoms with van der Waals surface area (Å²) in [5, 5.41) is 1.18. The first-order valence-corrected chi connectivity index (χ1v) is 7.25. The molecule has 1 fully saturated rings. The largest absolute Gasteiger partial charge is 0.381 e. The average molecular weight is 271 g/mol. The molecule has 4 nitrogen and oxygen atoms in total. The highest BCUT2D eigenvalue weighted by atomic mass is 16.5. The van der Waals surface area contributed by atoms with Gasteiger partial charge < -0.3 is 4.74 Å². The van der Waals surface area contributed by atoms with E-state index in [1.807, 2.05) is 18.2 Å². The van der Waals surface area contributed by atoms with E-state index in [2.05, 4.69) is 23.6 Å². The van der Waals surface area contributed by atoms with E-state index in [1.165, 1.54) is 11.8 Å². The van der Waals surface area contributed by atoms with Crippen molar-refractivity contribution < 1.29 is 4.74 Å². The maximum atomic E-state index is 5.73. The molecule has 0 spiro atoms. The molecular formula is C16H21N3O. The monoisotopic (exact) mass is 271 g/mol. The van der Waals surface area contributed by atoms with E-state index in [4.69, 9.17) is 15.6 Å². The summed E-state index contributed by atoms with van der Waals surface area (Å²) in [6.45, 7) is 1.67. The summed E-state index contributed by atoms with van der Waals surface area (Å²) >= 11 is 0. The lowest BCUT2D eigenvalue weighted by atomic mass is 9.91. The van der Waals surface area contributed by atoms with Crippen LogP contribution in [-0.4, -0.2) is 24.2 Å². The molecule has 2 aromatic rings. The molecule has 2 unspecified atom stereocenters. The van der Waals surface area contributed by atoms with Gasteiger partial charge >= 0.3 is 0 Å². The van der Waals surface area contributed by atoms with Crippen LogP contribution >= 0.6 is 0 Å². The fraction of sp³-hybridized carbons (Fsp3) is 0.438. The number of nitrogens with zero attached hydrogens (tertiary/aromatic N) is 1. The van der Waals surface area contributed by atoms with Gasteiger partial charge in [-0.15, -0.1) is 0 Å². The molecular weight excluding hydrogens is 250 g/mol. The van der Waals surface area contributed by atoms with Gasteiger partial charge in [0, 0.05) is 30.1 Å². The molecule has 0 radical (unpaired) electrons. The Morgan fingerprint density at radius 3 is 3.00 bits per heavy atom. The van der Waals surface area contributed by atoms with E-state index in [0.717, 1.165) is 37.3 Å². The van der Waals surface area contributed by atoms with Crippen LogP contribution in [0, 0.1) is 5.92 Å². The quantitative estimate of drug-likeness (QED) is 0.660. The maximum absolute atomic E-state index is 5.73. The van der Waals surface area contributed by atoms with Gasteiger partial charge in [-0.05, 0) is 30.9 Å². The second-order valence-electron chi connectivity index (χ2n) is 5.45. The minimum Gasteiger partial charge on any atom is -0.381 e. The van der Waals surface area contributed by atoms with E-state index < -0.39 is 0 Å². The van der Waals surface area contributed by atoms with Gasteiger partial charge in [-0.1, -0.05) is 24.3 Å². The number of nitrogens with one attached hydrogen (secondary N) is 1. The van der Waals surface area contributed by atoms with Crippen molar-refractivity contribution >= 4 is 10.9 Å². The van der Waals surface area contributed by atoms with Crippen LogP contribution in [0.15, 0.2) is 36.4 Å². The topological polar surface area (TPSA) is 60.2 Å². The van der Waals surface area contributed by atoms with E-state index in [0.29, 0.717) is 5.92 Å². The number of hydrogen-bond acceptors (Lipinski definition) is 4. The fourth-order valence-electron chi connectivity index (χ4n) is 2.89. The standard InChI is InChI=1S/C16H21N3O/c17-19-16(13-5-3-9-20-11-13)10-14-8-7-12-4-1-2-6-15(12)18-14/h1-2,4,6-8,13,16,19H,3,5,9-11,17H2. The van der Waals surface area contributed by atoms with Crippen LogP contribution < -0.4 is 11.3 Å². The summed E-state index contributed by atoms with van der Waals surface area (Å²) in [4.78, 5) is 4.72.